The minimum absolute atomic E-state index is 0.132. The topological polar surface area (TPSA) is 104 Å². The minimum atomic E-state index is -0.518. The number of benzene rings is 1. The van der Waals surface area contributed by atoms with E-state index in [1.807, 2.05) is 0 Å². The predicted molar refractivity (Wildman–Crippen MR) is 72.1 cm³/mol. The zero-order valence-electron chi connectivity index (χ0n) is 10.5. The van der Waals surface area contributed by atoms with Crippen molar-refractivity contribution in [2.75, 3.05) is 12.8 Å². The fraction of sp³-hybridized carbons (Fsp3) is 0.0769. The van der Waals surface area contributed by atoms with Gasteiger partial charge >= 0.3 is 5.69 Å². The largest absolute Gasteiger partial charge is 0.490 e. The van der Waals surface area contributed by atoms with Crippen molar-refractivity contribution in [1.82, 2.24) is 9.97 Å². The predicted octanol–water partition coefficient (Wildman–Crippen LogP) is 1.38. The SMILES string of the molecule is COc1ccc(C#Cc2cnc(N)nc2)cc1[N+](=O)[O-]. The molecule has 0 bridgehead atoms. The molecule has 0 atom stereocenters. The van der Waals surface area contributed by atoms with Crippen LogP contribution in [0.3, 0.4) is 0 Å². The lowest BCUT2D eigenvalue weighted by molar-refractivity contribution is -0.385. The van der Waals surface area contributed by atoms with Gasteiger partial charge in [0.05, 0.1) is 17.6 Å². The third-order valence-electron chi connectivity index (χ3n) is 2.40. The molecule has 0 saturated heterocycles. The average molecular weight is 270 g/mol. The van der Waals surface area contributed by atoms with E-state index in [0.29, 0.717) is 11.1 Å². The number of nitrogen functional groups attached to an aromatic ring is 1. The van der Waals surface area contributed by atoms with E-state index in [0.717, 1.165) is 0 Å². The number of anilines is 1. The highest BCUT2D eigenvalue weighted by Crippen LogP contribution is 2.27. The first-order valence-corrected chi connectivity index (χ1v) is 5.52. The van der Waals surface area contributed by atoms with Crippen molar-refractivity contribution >= 4 is 11.6 Å². The fourth-order valence-corrected chi connectivity index (χ4v) is 1.46. The molecule has 0 aliphatic carbocycles. The van der Waals surface area contributed by atoms with Gasteiger partial charge in [0.1, 0.15) is 0 Å². The van der Waals surface area contributed by atoms with Gasteiger partial charge in [-0.3, -0.25) is 10.1 Å². The van der Waals surface area contributed by atoms with E-state index in [1.165, 1.54) is 31.6 Å². The number of rotatable bonds is 2. The summed E-state index contributed by atoms with van der Waals surface area (Å²) >= 11 is 0. The number of hydrogen-bond acceptors (Lipinski definition) is 6. The van der Waals surface area contributed by atoms with E-state index < -0.39 is 4.92 Å². The van der Waals surface area contributed by atoms with Crippen LogP contribution in [0, 0.1) is 22.0 Å². The quantitative estimate of drug-likeness (QED) is 0.502. The number of ether oxygens (including phenoxy) is 1. The molecule has 0 saturated carbocycles. The Hall–Kier alpha value is -3.14. The maximum absolute atomic E-state index is 10.9. The fourth-order valence-electron chi connectivity index (χ4n) is 1.46. The number of nitrogens with zero attached hydrogens (tertiary/aromatic N) is 3. The van der Waals surface area contributed by atoms with Crippen molar-refractivity contribution < 1.29 is 9.66 Å². The third-order valence-corrected chi connectivity index (χ3v) is 2.40. The first kappa shape index (κ1) is 13.3. The highest BCUT2D eigenvalue weighted by Gasteiger charge is 2.14. The summed E-state index contributed by atoms with van der Waals surface area (Å²) in [6.07, 6.45) is 2.96. The van der Waals surface area contributed by atoms with E-state index in [2.05, 4.69) is 21.8 Å². The van der Waals surface area contributed by atoms with E-state index in [1.54, 1.807) is 6.07 Å². The van der Waals surface area contributed by atoms with Crippen molar-refractivity contribution in [3.8, 4) is 17.6 Å². The van der Waals surface area contributed by atoms with Crippen molar-refractivity contribution in [3.63, 3.8) is 0 Å². The van der Waals surface area contributed by atoms with Crippen molar-refractivity contribution in [2.45, 2.75) is 0 Å². The second-order valence-electron chi connectivity index (χ2n) is 3.72. The van der Waals surface area contributed by atoms with Gasteiger partial charge in [0.15, 0.2) is 5.75 Å². The van der Waals surface area contributed by atoms with Crippen LogP contribution in [0.4, 0.5) is 11.6 Å². The van der Waals surface area contributed by atoms with Gasteiger partial charge in [0, 0.05) is 24.0 Å². The number of aromatic nitrogens is 2. The molecule has 7 heteroatoms. The van der Waals surface area contributed by atoms with Crippen molar-refractivity contribution in [3.05, 3.63) is 51.8 Å². The number of nitrogens with two attached hydrogens (primary N) is 1. The van der Waals surface area contributed by atoms with Crippen LogP contribution in [0.5, 0.6) is 5.75 Å². The Kier molecular flexibility index (Phi) is 3.77. The summed E-state index contributed by atoms with van der Waals surface area (Å²) < 4.78 is 4.91. The number of methoxy groups -OCH3 is 1. The van der Waals surface area contributed by atoms with E-state index in [4.69, 9.17) is 10.5 Å². The molecule has 0 radical (unpaired) electrons. The molecular weight excluding hydrogens is 260 g/mol. The molecule has 1 aromatic carbocycles. The Morgan fingerprint density at radius 1 is 1.25 bits per heavy atom. The molecule has 2 aromatic rings. The molecule has 0 aliphatic rings. The third kappa shape index (κ3) is 3.00. The van der Waals surface area contributed by atoms with Gasteiger partial charge < -0.3 is 10.5 Å². The first-order chi connectivity index (χ1) is 9.60. The molecule has 0 unspecified atom stereocenters. The molecule has 100 valence electrons. The standard InChI is InChI=1S/C13H10N4O3/c1-20-12-5-4-9(6-11(12)17(18)19)2-3-10-7-15-13(14)16-8-10/h4-8H,1H3,(H2,14,15,16). The van der Waals surface area contributed by atoms with Gasteiger partial charge in [-0.05, 0) is 12.1 Å². The Labute approximate surface area is 114 Å². The maximum Gasteiger partial charge on any atom is 0.312 e. The Morgan fingerprint density at radius 3 is 2.50 bits per heavy atom. The second kappa shape index (κ2) is 5.67. The zero-order chi connectivity index (χ0) is 14.5. The molecule has 20 heavy (non-hydrogen) atoms. The zero-order valence-corrected chi connectivity index (χ0v) is 10.5. The molecule has 0 fully saturated rings. The van der Waals surface area contributed by atoms with Crippen molar-refractivity contribution in [2.24, 2.45) is 0 Å². The highest BCUT2D eigenvalue weighted by molar-refractivity contribution is 5.53. The molecule has 0 aliphatic heterocycles. The Balaban J connectivity index is 2.33. The molecule has 7 nitrogen and oxygen atoms in total. The van der Waals surface area contributed by atoms with Crippen LogP contribution in [0.15, 0.2) is 30.6 Å². The highest BCUT2D eigenvalue weighted by atomic mass is 16.6. The normalized spacial score (nSPS) is 9.45. The monoisotopic (exact) mass is 270 g/mol. The van der Waals surface area contributed by atoms with Crippen LogP contribution in [-0.2, 0) is 0 Å². The van der Waals surface area contributed by atoms with E-state index in [-0.39, 0.29) is 17.4 Å². The number of nitro groups is 1. The summed E-state index contributed by atoms with van der Waals surface area (Å²) in [5, 5.41) is 10.9. The van der Waals surface area contributed by atoms with Crippen molar-refractivity contribution in [1.29, 1.82) is 0 Å². The van der Waals surface area contributed by atoms with Gasteiger partial charge in [-0.1, -0.05) is 11.8 Å². The molecule has 1 aromatic heterocycles. The van der Waals surface area contributed by atoms with Gasteiger partial charge in [-0.15, -0.1) is 0 Å². The van der Waals surface area contributed by atoms with Gasteiger partial charge in [0.2, 0.25) is 5.95 Å². The summed E-state index contributed by atoms with van der Waals surface area (Å²) in [6.45, 7) is 0. The Bertz CT molecular complexity index is 702. The minimum Gasteiger partial charge on any atom is -0.490 e. The molecule has 1 heterocycles. The summed E-state index contributed by atoms with van der Waals surface area (Å²) in [4.78, 5) is 18.0. The summed E-state index contributed by atoms with van der Waals surface area (Å²) in [5.41, 5.74) is 6.29. The van der Waals surface area contributed by atoms with Gasteiger partial charge in [-0.2, -0.15) is 0 Å². The summed E-state index contributed by atoms with van der Waals surface area (Å²) in [5.74, 6) is 5.95. The molecule has 2 rings (SSSR count). The van der Waals surface area contributed by atoms with Crippen LogP contribution in [-0.4, -0.2) is 22.0 Å². The smallest absolute Gasteiger partial charge is 0.312 e. The van der Waals surface area contributed by atoms with Crippen LogP contribution in [0.2, 0.25) is 0 Å². The number of nitro benzene ring substituents is 1. The van der Waals surface area contributed by atoms with Crippen LogP contribution in [0.25, 0.3) is 0 Å². The summed E-state index contributed by atoms with van der Waals surface area (Å²) in [6, 6.07) is 4.49. The lowest BCUT2D eigenvalue weighted by Gasteiger charge is -2.00. The lowest BCUT2D eigenvalue weighted by Crippen LogP contribution is -1.94. The molecule has 0 spiro atoms. The first-order valence-electron chi connectivity index (χ1n) is 5.52. The molecule has 2 N–H and O–H groups in total. The summed E-state index contributed by atoms with van der Waals surface area (Å²) in [7, 11) is 1.37. The van der Waals surface area contributed by atoms with Gasteiger partial charge in [-0.25, -0.2) is 9.97 Å². The molecular formula is C13H10N4O3. The van der Waals surface area contributed by atoms with E-state index in [9.17, 15) is 10.1 Å². The molecule has 0 amide bonds. The Morgan fingerprint density at radius 2 is 1.90 bits per heavy atom. The number of hydrogen-bond donors (Lipinski definition) is 1. The van der Waals surface area contributed by atoms with Crippen LogP contribution < -0.4 is 10.5 Å². The average Bonchev–Trinajstić information content (AvgIpc) is 2.46. The van der Waals surface area contributed by atoms with Crippen LogP contribution >= 0.6 is 0 Å². The second-order valence-corrected chi connectivity index (χ2v) is 3.72. The van der Waals surface area contributed by atoms with Crippen LogP contribution in [0.1, 0.15) is 11.1 Å². The van der Waals surface area contributed by atoms with E-state index >= 15 is 0 Å². The van der Waals surface area contributed by atoms with Gasteiger partial charge in [0.25, 0.3) is 0 Å². The lowest BCUT2D eigenvalue weighted by atomic mass is 10.2. The maximum atomic E-state index is 10.9.